The summed E-state index contributed by atoms with van der Waals surface area (Å²) >= 11 is 12.0. The summed E-state index contributed by atoms with van der Waals surface area (Å²) in [4.78, 5) is 0. The molecule has 0 fully saturated rings. The standard InChI is InChI=1S/C13H17Cl2F/c1-3-13(4-2,9-14)8-10-11(15)6-5-7-12(10)16/h5-7H,3-4,8-9H2,1-2H3. The number of hydrogen-bond donors (Lipinski definition) is 0. The zero-order valence-corrected chi connectivity index (χ0v) is 11.2. The largest absolute Gasteiger partial charge is 0.207 e. The van der Waals surface area contributed by atoms with Gasteiger partial charge in [0.1, 0.15) is 5.82 Å². The molecule has 0 aliphatic heterocycles. The van der Waals surface area contributed by atoms with Gasteiger partial charge in [-0.25, -0.2) is 4.39 Å². The van der Waals surface area contributed by atoms with Gasteiger partial charge >= 0.3 is 0 Å². The lowest BCUT2D eigenvalue weighted by Crippen LogP contribution is -2.24. The van der Waals surface area contributed by atoms with Crippen molar-refractivity contribution in [2.24, 2.45) is 5.41 Å². The summed E-state index contributed by atoms with van der Waals surface area (Å²) in [6.45, 7) is 4.17. The van der Waals surface area contributed by atoms with E-state index in [0.717, 1.165) is 12.8 Å². The SMILES string of the molecule is CCC(CC)(CCl)Cc1c(F)cccc1Cl. The number of hydrogen-bond acceptors (Lipinski definition) is 0. The summed E-state index contributed by atoms with van der Waals surface area (Å²) < 4.78 is 13.7. The molecule has 0 bridgehead atoms. The van der Waals surface area contributed by atoms with Gasteiger partial charge in [-0.2, -0.15) is 0 Å². The first-order valence-electron chi connectivity index (χ1n) is 5.57. The topological polar surface area (TPSA) is 0 Å². The van der Waals surface area contributed by atoms with Gasteiger partial charge in [-0.15, -0.1) is 11.6 Å². The van der Waals surface area contributed by atoms with E-state index in [1.165, 1.54) is 6.07 Å². The molecule has 0 aromatic heterocycles. The predicted molar refractivity (Wildman–Crippen MR) is 68.8 cm³/mol. The molecule has 0 atom stereocenters. The molecule has 0 heterocycles. The van der Waals surface area contributed by atoms with Gasteiger partial charge in [-0.3, -0.25) is 0 Å². The zero-order valence-electron chi connectivity index (χ0n) is 9.69. The van der Waals surface area contributed by atoms with Gasteiger partial charge in [0.15, 0.2) is 0 Å². The Kier molecular flexibility index (Phi) is 5.07. The second-order valence-electron chi connectivity index (χ2n) is 4.22. The molecule has 0 saturated carbocycles. The molecular formula is C13H17Cl2F. The Morgan fingerprint density at radius 2 is 1.88 bits per heavy atom. The summed E-state index contributed by atoms with van der Waals surface area (Å²) in [6.07, 6.45) is 2.46. The highest BCUT2D eigenvalue weighted by Gasteiger charge is 2.27. The first-order valence-corrected chi connectivity index (χ1v) is 6.48. The average molecular weight is 263 g/mol. The molecule has 1 aromatic rings. The van der Waals surface area contributed by atoms with Crippen molar-refractivity contribution in [2.75, 3.05) is 5.88 Å². The molecular weight excluding hydrogens is 246 g/mol. The number of benzene rings is 1. The Labute approximate surface area is 107 Å². The van der Waals surface area contributed by atoms with Gasteiger partial charge in [-0.1, -0.05) is 31.5 Å². The minimum absolute atomic E-state index is 0.0482. The molecule has 0 N–H and O–H groups in total. The van der Waals surface area contributed by atoms with Gasteiger partial charge in [0, 0.05) is 16.5 Å². The maximum absolute atomic E-state index is 13.7. The molecule has 0 amide bonds. The number of rotatable bonds is 5. The minimum atomic E-state index is -0.233. The maximum atomic E-state index is 13.7. The van der Waals surface area contributed by atoms with Crippen LogP contribution in [0.15, 0.2) is 18.2 Å². The second kappa shape index (κ2) is 5.88. The summed E-state index contributed by atoms with van der Waals surface area (Å²) in [5.74, 6) is 0.300. The third-order valence-electron chi connectivity index (χ3n) is 3.40. The van der Waals surface area contributed by atoms with Crippen LogP contribution in [-0.2, 0) is 6.42 Å². The van der Waals surface area contributed by atoms with E-state index in [1.807, 2.05) is 0 Å². The fraction of sp³-hybridized carbons (Fsp3) is 0.538. The van der Waals surface area contributed by atoms with Crippen LogP contribution in [0, 0.1) is 11.2 Å². The third-order valence-corrected chi connectivity index (χ3v) is 4.32. The first-order chi connectivity index (χ1) is 7.58. The van der Waals surface area contributed by atoms with Crippen LogP contribution in [0.3, 0.4) is 0 Å². The van der Waals surface area contributed by atoms with Crippen LogP contribution in [0.25, 0.3) is 0 Å². The third kappa shape index (κ3) is 2.89. The van der Waals surface area contributed by atoms with Crippen molar-refractivity contribution in [2.45, 2.75) is 33.1 Å². The molecule has 3 heteroatoms. The van der Waals surface area contributed by atoms with E-state index in [1.54, 1.807) is 12.1 Å². The van der Waals surface area contributed by atoms with Crippen LogP contribution in [0.4, 0.5) is 4.39 Å². The molecule has 0 radical (unpaired) electrons. The summed E-state index contributed by atoms with van der Waals surface area (Å²) in [7, 11) is 0. The monoisotopic (exact) mass is 262 g/mol. The van der Waals surface area contributed by atoms with Crippen LogP contribution in [0.5, 0.6) is 0 Å². The van der Waals surface area contributed by atoms with E-state index < -0.39 is 0 Å². The molecule has 16 heavy (non-hydrogen) atoms. The highest BCUT2D eigenvalue weighted by atomic mass is 35.5. The van der Waals surface area contributed by atoms with Crippen LogP contribution in [-0.4, -0.2) is 5.88 Å². The molecule has 0 aliphatic rings. The van der Waals surface area contributed by atoms with Crippen molar-refractivity contribution in [1.29, 1.82) is 0 Å². The fourth-order valence-corrected chi connectivity index (χ4v) is 2.51. The van der Waals surface area contributed by atoms with Crippen molar-refractivity contribution < 1.29 is 4.39 Å². The molecule has 90 valence electrons. The van der Waals surface area contributed by atoms with Gasteiger partial charge in [0.05, 0.1) is 0 Å². The number of halogens is 3. The smallest absolute Gasteiger partial charge is 0.127 e. The Balaban J connectivity index is 3.02. The Bertz CT molecular complexity index is 317. The van der Waals surface area contributed by atoms with Gasteiger partial charge in [0.25, 0.3) is 0 Å². The van der Waals surface area contributed by atoms with E-state index in [4.69, 9.17) is 23.2 Å². The molecule has 1 aromatic carbocycles. The number of alkyl halides is 1. The average Bonchev–Trinajstić information content (AvgIpc) is 2.30. The Morgan fingerprint density at radius 3 is 2.31 bits per heavy atom. The molecule has 0 saturated heterocycles. The van der Waals surface area contributed by atoms with Crippen molar-refractivity contribution in [3.63, 3.8) is 0 Å². The van der Waals surface area contributed by atoms with E-state index in [9.17, 15) is 4.39 Å². The first kappa shape index (κ1) is 13.8. The van der Waals surface area contributed by atoms with Gasteiger partial charge < -0.3 is 0 Å². The lowest BCUT2D eigenvalue weighted by atomic mass is 9.78. The van der Waals surface area contributed by atoms with Gasteiger partial charge in [0.2, 0.25) is 0 Å². The normalized spacial score (nSPS) is 11.8. The lowest BCUT2D eigenvalue weighted by Gasteiger charge is -2.29. The molecule has 1 rings (SSSR count). The van der Waals surface area contributed by atoms with Crippen LogP contribution >= 0.6 is 23.2 Å². The maximum Gasteiger partial charge on any atom is 0.127 e. The summed E-state index contributed by atoms with van der Waals surface area (Å²) in [5, 5.41) is 0.497. The Hall–Kier alpha value is -0.270. The van der Waals surface area contributed by atoms with E-state index in [-0.39, 0.29) is 11.2 Å². The van der Waals surface area contributed by atoms with Crippen LogP contribution < -0.4 is 0 Å². The van der Waals surface area contributed by atoms with Crippen molar-refractivity contribution in [3.8, 4) is 0 Å². The van der Waals surface area contributed by atoms with Crippen molar-refractivity contribution in [1.82, 2.24) is 0 Å². The highest BCUT2D eigenvalue weighted by Crippen LogP contribution is 2.35. The van der Waals surface area contributed by atoms with Crippen LogP contribution in [0.2, 0.25) is 5.02 Å². The Morgan fingerprint density at radius 1 is 1.25 bits per heavy atom. The second-order valence-corrected chi connectivity index (χ2v) is 4.89. The minimum Gasteiger partial charge on any atom is -0.207 e. The van der Waals surface area contributed by atoms with Crippen molar-refractivity contribution in [3.05, 3.63) is 34.6 Å². The molecule has 0 aliphatic carbocycles. The zero-order chi connectivity index (χ0) is 12.2. The molecule has 0 nitrogen and oxygen atoms in total. The van der Waals surface area contributed by atoms with Gasteiger partial charge in [-0.05, 0) is 36.8 Å². The molecule has 0 unspecified atom stereocenters. The van der Waals surface area contributed by atoms with E-state index in [2.05, 4.69) is 13.8 Å². The highest BCUT2D eigenvalue weighted by molar-refractivity contribution is 6.31. The van der Waals surface area contributed by atoms with Crippen molar-refractivity contribution >= 4 is 23.2 Å². The van der Waals surface area contributed by atoms with E-state index >= 15 is 0 Å². The predicted octanol–water partition coefficient (Wildman–Crippen LogP) is 5.07. The van der Waals surface area contributed by atoms with Crippen LogP contribution in [0.1, 0.15) is 32.3 Å². The quantitative estimate of drug-likeness (QED) is 0.651. The van der Waals surface area contributed by atoms with E-state index in [0.29, 0.717) is 22.9 Å². The summed E-state index contributed by atoms with van der Waals surface area (Å²) in [5.41, 5.74) is 0.543. The molecule has 0 spiro atoms. The fourth-order valence-electron chi connectivity index (χ4n) is 1.81. The lowest BCUT2D eigenvalue weighted by molar-refractivity contribution is 0.298. The summed E-state index contributed by atoms with van der Waals surface area (Å²) in [6, 6.07) is 4.80.